The Balaban J connectivity index is 1.77. The lowest BCUT2D eigenvalue weighted by molar-refractivity contribution is 0.432. The zero-order valence-electron chi connectivity index (χ0n) is 10.4. The van der Waals surface area contributed by atoms with Crippen molar-refractivity contribution in [2.45, 2.75) is 0 Å². The van der Waals surface area contributed by atoms with Crippen molar-refractivity contribution in [2.75, 3.05) is 0 Å². The number of nitrogens with zero attached hydrogens (tertiary/aromatic N) is 3. The van der Waals surface area contributed by atoms with E-state index in [1.807, 2.05) is 42.6 Å². The fraction of sp³-hybridized carbons (Fsp3) is 0. The fourth-order valence-electron chi connectivity index (χ4n) is 2.14. The average molecular weight is 262 g/mol. The van der Waals surface area contributed by atoms with E-state index in [-0.39, 0.29) is 0 Å². The molecule has 0 fully saturated rings. The van der Waals surface area contributed by atoms with Crippen LogP contribution < -0.4 is 0 Å². The van der Waals surface area contributed by atoms with Crippen LogP contribution >= 0.6 is 0 Å². The van der Waals surface area contributed by atoms with Crippen LogP contribution in [0.5, 0.6) is 0 Å². The van der Waals surface area contributed by atoms with Gasteiger partial charge in [0.15, 0.2) is 0 Å². The number of nitrogens with one attached hydrogen (secondary N) is 1. The molecule has 4 rings (SSSR count). The van der Waals surface area contributed by atoms with Gasteiger partial charge in [-0.1, -0.05) is 5.16 Å². The summed E-state index contributed by atoms with van der Waals surface area (Å²) in [5, 5.41) is 5.11. The summed E-state index contributed by atoms with van der Waals surface area (Å²) in [6.45, 7) is 0. The fourth-order valence-corrected chi connectivity index (χ4v) is 2.14. The van der Waals surface area contributed by atoms with Gasteiger partial charge in [-0.2, -0.15) is 4.98 Å². The van der Waals surface area contributed by atoms with Crippen LogP contribution in [-0.4, -0.2) is 20.1 Å². The van der Waals surface area contributed by atoms with Gasteiger partial charge in [0.05, 0.1) is 0 Å². The van der Waals surface area contributed by atoms with Gasteiger partial charge in [-0.25, -0.2) is 0 Å². The van der Waals surface area contributed by atoms with Crippen molar-refractivity contribution in [3.8, 4) is 22.8 Å². The highest BCUT2D eigenvalue weighted by Crippen LogP contribution is 2.24. The summed E-state index contributed by atoms with van der Waals surface area (Å²) < 4.78 is 5.33. The summed E-state index contributed by atoms with van der Waals surface area (Å²) in [5.41, 5.74) is 2.82. The molecule has 0 aliphatic carbocycles. The van der Waals surface area contributed by atoms with Gasteiger partial charge in [0.2, 0.25) is 5.82 Å². The average Bonchev–Trinajstić information content (AvgIpc) is 3.16. The molecule has 20 heavy (non-hydrogen) atoms. The third-order valence-electron chi connectivity index (χ3n) is 3.15. The summed E-state index contributed by atoms with van der Waals surface area (Å²) in [7, 11) is 0. The van der Waals surface area contributed by atoms with E-state index in [1.54, 1.807) is 12.4 Å². The Kier molecular flexibility index (Phi) is 2.35. The molecular weight excluding hydrogens is 252 g/mol. The molecule has 5 nitrogen and oxygen atoms in total. The molecule has 0 saturated heterocycles. The van der Waals surface area contributed by atoms with Crippen LogP contribution in [0.1, 0.15) is 0 Å². The van der Waals surface area contributed by atoms with Gasteiger partial charge >= 0.3 is 0 Å². The molecule has 0 atom stereocenters. The third-order valence-corrected chi connectivity index (χ3v) is 3.15. The SMILES string of the molecule is c1cncc(-c2noc(-c3ccc4[nH]ccc4c3)n2)c1. The van der Waals surface area contributed by atoms with E-state index in [4.69, 9.17) is 4.52 Å². The molecule has 0 saturated carbocycles. The van der Waals surface area contributed by atoms with Crippen LogP contribution in [0.3, 0.4) is 0 Å². The number of aromatic amines is 1. The minimum atomic E-state index is 0.506. The Morgan fingerprint density at radius 2 is 2.05 bits per heavy atom. The first kappa shape index (κ1) is 10.9. The molecule has 96 valence electrons. The van der Waals surface area contributed by atoms with Gasteiger partial charge < -0.3 is 9.51 Å². The predicted octanol–water partition coefficient (Wildman–Crippen LogP) is 3.28. The molecule has 1 aromatic carbocycles. The molecule has 3 heterocycles. The Hall–Kier alpha value is -2.95. The van der Waals surface area contributed by atoms with Crippen molar-refractivity contribution in [3.05, 3.63) is 55.0 Å². The van der Waals surface area contributed by atoms with Gasteiger partial charge in [0.1, 0.15) is 0 Å². The molecule has 3 aromatic heterocycles. The second-order valence-electron chi connectivity index (χ2n) is 4.44. The Morgan fingerprint density at radius 1 is 1.05 bits per heavy atom. The first-order chi connectivity index (χ1) is 9.90. The van der Waals surface area contributed by atoms with E-state index in [1.165, 1.54) is 0 Å². The van der Waals surface area contributed by atoms with Crippen LogP contribution in [0.4, 0.5) is 0 Å². The molecule has 4 aromatic rings. The van der Waals surface area contributed by atoms with E-state index in [0.29, 0.717) is 11.7 Å². The number of pyridine rings is 1. The van der Waals surface area contributed by atoms with Crippen molar-refractivity contribution in [2.24, 2.45) is 0 Å². The molecule has 1 N–H and O–H groups in total. The lowest BCUT2D eigenvalue weighted by atomic mass is 10.1. The Morgan fingerprint density at radius 3 is 2.95 bits per heavy atom. The van der Waals surface area contributed by atoms with Crippen molar-refractivity contribution in [1.29, 1.82) is 0 Å². The van der Waals surface area contributed by atoms with Gasteiger partial charge in [0, 0.05) is 40.6 Å². The number of H-pyrrole nitrogens is 1. The van der Waals surface area contributed by atoms with Crippen molar-refractivity contribution >= 4 is 10.9 Å². The second kappa shape index (κ2) is 4.31. The Labute approximate surface area is 114 Å². The number of aromatic nitrogens is 4. The third kappa shape index (κ3) is 1.76. The minimum Gasteiger partial charge on any atom is -0.361 e. The van der Waals surface area contributed by atoms with E-state index in [2.05, 4.69) is 20.1 Å². The lowest BCUT2D eigenvalue weighted by Gasteiger charge is -1.94. The molecular formula is C15H10N4O. The molecule has 0 radical (unpaired) electrons. The van der Waals surface area contributed by atoms with Gasteiger partial charge in [-0.15, -0.1) is 0 Å². The van der Waals surface area contributed by atoms with Crippen LogP contribution in [0, 0.1) is 0 Å². The summed E-state index contributed by atoms with van der Waals surface area (Å²) in [6, 6.07) is 11.7. The van der Waals surface area contributed by atoms with Crippen LogP contribution in [-0.2, 0) is 0 Å². The topological polar surface area (TPSA) is 67.6 Å². The van der Waals surface area contributed by atoms with Gasteiger partial charge in [-0.3, -0.25) is 4.98 Å². The van der Waals surface area contributed by atoms with E-state index >= 15 is 0 Å². The number of benzene rings is 1. The molecule has 5 heteroatoms. The van der Waals surface area contributed by atoms with Crippen molar-refractivity contribution in [1.82, 2.24) is 20.1 Å². The van der Waals surface area contributed by atoms with Crippen LogP contribution in [0.15, 0.2) is 59.5 Å². The molecule has 0 spiro atoms. The van der Waals surface area contributed by atoms with E-state index in [0.717, 1.165) is 22.0 Å². The van der Waals surface area contributed by atoms with Gasteiger partial charge in [-0.05, 0) is 36.4 Å². The zero-order valence-corrected chi connectivity index (χ0v) is 10.4. The highest BCUT2D eigenvalue weighted by molar-refractivity contribution is 5.83. The smallest absolute Gasteiger partial charge is 0.258 e. The highest BCUT2D eigenvalue weighted by Gasteiger charge is 2.11. The number of rotatable bonds is 2. The summed E-state index contributed by atoms with van der Waals surface area (Å²) in [6.07, 6.45) is 5.33. The maximum atomic E-state index is 5.33. The number of hydrogen-bond acceptors (Lipinski definition) is 4. The quantitative estimate of drug-likeness (QED) is 0.602. The maximum absolute atomic E-state index is 5.33. The molecule has 0 aliphatic rings. The standard InChI is InChI=1S/C15H10N4O/c1-2-12(9-16-6-1)14-18-15(20-19-14)11-3-4-13-10(8-11)5-7-17-13/h1-9,17H. The molecule has 0 bridgehead atoms. The van der Waals surface area contributed by atoms with Gasteiger partial charge in [0.25, 0.3) is 5.89 Å². The minimum absolute atomic E-state index is 0.506. The van der Waals surface area contributed by atoms with E-state index in [9.17, 15) is 0 Å². The van der Waals surface area contributed by atoms with Crippen LogP contribution in [0.25, 0.3) is 33.7 Å². The number of fused-ring (bicyclic) bond motifs is 1. The van der Waals surface area contributed by atoms with E-state index < -0.39 is 0 Å². The molecule has 0 amide bonds. The van der Waals surface area contributed by atoms with Crippen molar-refractivity contribution < 1.29 is 4.52 Å². The molecule has 0 unspecified atom stereocenters. The number of hydrogen-bond donors (Lipinski definition) is 1. The summed E-state index contributed by atoms with van der Waals surface area (Å²) in [4.78, 5) is 11.6. The largest absolute Gasteiger partial charge is 0.361 e. The van der Waals surface area contributed by atoms with Crippen molar-refractivity contribution in [3.63, 3.8) is 0 Å². The normalized spacial score (nSPS) is 11.0. The Bertz CT molecular complexity index is 864. The first-order valence-corrected chi connectivity index (χ1v) is 6.22. The predicted molar refractivity (Wildman–Crippen MR) is 74.8 cm³/mol. The zero-order chi connectivity index (χ0) is 13.4. The first-order valence-electron chi connectivity index (χ1n) is 6.22. The summed E-state index contributed by atoms with van der Waals surface area (Å²) >= 11 is 0. The summed E-state index contributed by atoms with van der Waals surface area (Å²) in [5.74, 6) is 1.05. The second-order valence-corrected chi connectivity index (χ2v) is 4.44. The maximum Gasteiger partial charge on any atom is 0.258 e. The monoisotopic (exact) mass is 262 g/mol. The molecule has 0 aliphatic heterocycles. The highest BCUT2D eigenvalue weighted by atomic mass is 16.5. The van der Waals surface area contributed by atoms with Crippen LogP contribution in [0.2, 0.25) is 0 Å². The lowest BCUT2D eigenvalue weighted by Crippen LogP contribution is -1.82.